The van der Waals surface area contributed by atoms with Crippen LogP contribution in [0.4, 0.5) is 10.5 Å². The highest BCUT2D eigenvalue weighted by atomic mass is 16.6. The first-order valence-corrected chi connectivity index (χ1v) is 7.75. The maximum atomic E-state index is 12.2. The standard InChI is InChI=1S/C18H24N2O2/c1-5-18(12-7-6-8-13(19)9-12)14-10-20(11-15(14)18)16(21)22-17(2,3)4/h5-9,14-15H,1,10-11,19H2,2-4H3. The van der Waals surface area contributed by atoms with Gasteiger partial charge in [-0.05, 0) is 50.3 Å². The van der Waals surface area contributed by atoms with E-state index >= 15 is 0 Å². The largest absolute Gasteiger partial charge is 0.444 e. The molecule has 2 unspecified atom stereocenters. The number of rotatable bonds is 2. The predicted molar refractivity (Wildman–Crippen MR) is 87.5 cm³/mol. The van der Waals surface area contributed by atoms with Crippen molar-refractivity contribution in [3.63, 3.8) is 0 Å². The number of allylic oxidation sites excluding steroid dienone is 1. The first-order chi connectivity index (χ1) is 10.3. The van der Waals surface area contributed by atoms with Crippen molar-refractivity contribution in [1.29, 1.82) is 0 Å². The molecule has 1 heterocycles. The van der Waals surface area contributed by atoms with Gasteiger partial charge in [-0.2, -0.15) is 0 Å². The number of nitrogen functional groups attached to an aromatic ring is 1. The minimum absolute atomic E-state index is 0.0338. The molecule has 1 amide bonds. The number of hydrogen-bond donors (Lipinski definition) is 1. The summed E-state index contributed by atoms with van der Waals surface area (Å²) in [5, 5.41) is 0. The zero-order chi connectivity index (χ0) is 16.1. The second-order valence-corrected chi connectivity index (χ2v) is 7.36. The average molecular weight is 300 g/mol. The monoisotopic (exact) mass is 300 g/mol. The Bertz CT molecular complexity index is 606. The number of ether oxygens (including phenoxy) is 1. The van der Waals surface area contributed by atoms with Crippen molar-refractivity contribution in [2.24, 2.45) is 11.8 Å². The van der Waals surface area contributed by atoms with Gasteiger partial charge < -0.3 is 15.4 Å². The molecule has 4 nitrogen and oxygen atoms in total. The molecular weight excluding hydrogens is 276 g/mol. The number of benzene rings is 1. The summed E-state index contributed by atoms with van der Waals surface area (Å²) in [5.41, 5.74) is 7.41. The second-order valence-electron chi connectivity index (χ2n) is 7.36. The van der Waals surface area contributed by atoms with Crippen molar-refractivity contribution >= 4 is 11.8 Å². The number of amides is 1. The molecule has 22 heavy (non-hydrogen) atoms. The number of piperidine rings is 1. The Hall–Kier alpha value is -1.97. The number of nitrogens with two attached hydrogens (primary N) is 1. The van der Waals surface area contributed by atoms with E-state index in [1.165, 1.54) is 5.56 Å². The highest BCUT2D eigenvalue weighted by molar-refractivity contribution is 5.69. The van der Waals surface area contributed by atoms with Crippen LogP contribution in [-0.4, -0.2) is 29.7 Å². The molecule has 0 radical (unpaired) electrons. The van der Waals surface area contributed by atoms with Gasteiger partial charge in [0.25, 0.3) is 0 Å². The van der Waals surface area contributed by atoms with Gasteiger partial charge in [-0.25, -0.2) is 4.79 Å². The van der Waals surface area contributed by atoms with Crippen LogP contribution in [0.3, 0.4) is 0 Å². The number of anilines is 1. The summed E-state index contributed by atoms with van der Waals surface area (Å²) in [6.07, 6.45) is 1.81. The van der Waals surface area contributed by atoms with E-state index < -0.39 is 5.60 Å². The van der Waals surface area contributed by atoms with Crippen molar-refractivity contribution < 1.29 is 9.53 Å². The van der Waals surface area contributed by atoms with Crippen LogP contribution in [0, 0.1) is 11.8 Å². The van der Waals surface area contributed by atoms with Crippen molar-refractivity contribution in [3.8, 4) is 0 Å². The molecule has 0 spiro atoms. The molecule has 1 saturated carbocycles. The highest BCUT2D eigenvalue weighted by Gasteiger charge is 2.68. The van der Waals surface area contributed by atoms with Gasteiger partial charge in [-0.1, -0.05) is 18.2 Å². The van der Waals surface area contributed by atoms with Gasteiger partial charge in [-0.15, -0.1) is 6.58 Å². The molecule has 2 aliphatic rings. The third-order valence-corrected chi connectivity index (χ3v) is 4.81. The maximum absolute atomic E-state index is 12.2. The van der Waals surface area contributed by atoms with Gasteiger partial charge in [0.15, 0.2) is 0 Å². The van der Waals surface area contributed by atoms with Gasteiger partial charge in [0.1, 0.15) is 5.60 Å². The number of hydrogen-bond acceptors (Lipinski definition) is 3. The van der Waals surface area contributed by atoms with Crippen LogP contribution in [-0.2, 0) is 10.2 Å². The van der Waals surface area contributed by atoms with Crippen LogP contribution in [0.25, 0.3) is 0 Å². The van der Waals surface area contributed by atoms with E-state index in [9.17, 15) is 4.79 Å². The Morgan fingerprint density at radius 1 is 1.41 bits per heavy atom. The van der Waals surface area contributed by atoms with Gasteiger partial charge >= 0.3 is 6.09 Å². The number of carbonyl (C=O) groups excluding carboxylic acids is 1. The lowest BCUT2D eigenvalue weighted by molar-refractivity contribution is 0.0265. The Kier molecular flexibility index (Phi) is 3.24. The highest BCUT2D eigenvalue weighted by Crippen LogP contribution is 2.64. The minimum atomic E-state index is -0.451. The maximum Gasteiger partial charge on any atom is 0.410 e. The van der Waals surface area contributed by atoms with Gasteiger partial charge in [0.05, 0.1) is 0 Å². The normalized spacial score (nSPS) is 29.9. The molecule has 4 heteroatoms. The molecule has 2 N–H and O–H groups in total. The predicted octanol–water partition coefficient (Wildman–Crippen LogP) is 3.19. The van der Waals surface area contributed by atoms with Crippen LogP contribution in [0.1, 0.15) is 26.3 Å². The number of nitrogens with zero attached hydrogens (tertiary/aromatic N) is 1. The second kappa shape index (κ2) is 4.77. The summed E-state index contributed by atoms with van der Waals surface area (Å²) in [5.74, 6) is 0.832. The van der Waals surface area contributed by atoms with Gasteiger partial charge in [0, 0.05) is 24.2 Å². The summed E-state index contributed by atoms with van der Waals surface area (Å²) in [6, 6.07) is 8.01. The summed E-state index contributed by atoms with van der Waals surface area (Å²) < 4.78 is 5.46. The van der Waals surface area contributed by atoms with Crippen LogP contribution < -0.4 is 5.73 Å². The third-order valence-electron chi connectivity index (χ3n) is 4.81. The van der Waals surface area contributed by atoms with E-state index in [0.717, 1.165) is 18.8 Å². The molecule has 3 rings (SSSR count). The van der Waals surface area contributed by atoms with Crippen LogP contribution >= 0.6 is 0 Å². The first kappa shape index (κ1) is 14.9. The summed E-state index contributed by atoms with van der Waals surface area (Å²) in [4.78, 5) is 14.0. The fourth-order valence-electron chi connectivity index (χ4n) is 3.80. The van der Waals surface area contributed by atoms with E-state index in [1.807, 2.05) is 49.9 Å². The van der Waals surface area contributed by atoms with Crippen molar-refractivity contribution in [3.05, 3.63) is 42.5 Å². The van der Waals surface area contributed by atoms with E-state index in [0.29, 0.717) is 11.8 Å². The molecule has 1 aromatic carbocycles. The average Bonchev–Trinajstić information content (AvgIpc) is 2.80. The molecule has 0 aromatic heterocycles. The fraction of sp³-hybridized carbons (Fsp3) is 0.500. The SMILES string of the molecule is C=CC1(c2cccc(N)c2)C2CN(C(=O)OC(C)(C)C)CC21. The Morgan fingerprint density at radius 3 is 2.55 bits per heavy atom. The van der Waals surface area contributed by atoms with Crippen LogP contribution in [0.5, 0.6) is 0 Å². The van der Waals surface area contributed by atoms with E-state index in [2.05, 4.69) is 12.6 Å². The molecule has 1 aromatic rings. The van der Waals surface area contributed by atoms with Crippen LogP contribution in [0.2, 0.25) is 0 Å². The molecule has 118 valence electrons. The molecule has 1 saturated heterocycles. The quantitative estimate of drug-likeness (QED) is 0.674. The van der Waals surface area contributed by atoms with Crippen LogP contribution in [0.15, 0.2) is 36.9 Å². The van der Waals surface area contributed by atoms with E-state index in [-0.39, 0.29) is 11.5 Å². The Balaban J connectivity index is 1.73. The zero-order valence-corrected chi connectivity index (χ0v) is 13.5. The lowest BCUT2D eigenvalue weighted by atomic mass is 9.90. The van der Waals surface area contributed by atoms with Crippen molar-refractivity contribution in [2.45, 2.75) is 31.8 Å². The van der Waals surface area contributed by atoms with Gasteiger partial charge in [0.2, 0.25) is 0 Å². The zero-order valence-electron chi connectivity index (χ0n) is 13.5. The minimum Gasteiger partial charge on any atom is -0.444 e. The number of carbonyl (C=O) groups is 1. The fourth-order valence-corrected chi connectivity index (χ4v) is 3.80. The molecule has 2 atom stereocenters. The topological polar surface area (TPSA) is 55.6 Å². The third kappa shape index (κ3) is 2.27. The molecular formula is C18H24N2O2. The number of fused-ring (bicyclic) bond motifs is 1. The van der Waals surface area contributed by atoms with Crippen molar-refractivity contribution in [1.82, 2.24) is 4.90 Å². The lowest BCUT2D eigenvalue weighted by Crippen LogP contribution is -2.38. The summed E-state index contributed by atoms with van der Waals surface area (Å²) >= 11 is 0. The smallest absolute Gasteiger partial charge is 0.410 e. The van der Waals surface area contributed by atoms with E-state index in [4.69, 9.17) is 10.5 Å². The van der Waals surface area contributed by atoms with E-state index in [1.54, 1.807) is 0 Å². The Morgan fingerprint density at radius 2 is 2.05 bits per heavy atom. The molecule has 1 aliphatic carbocycles. The Labute approximate surface area is 131 Å². The van der Waals surface area contributed by atoms with Gasteiger partial charge in [-0.3, -0.25) is 0 Å². The van der Waals surface area contributed by atoms with Crippen molar-refractivity contribution in [2.75, 3.05) is 18.8 Å². The molecule has 2 fully saturated rings. The summed E-state index contributed by atoms with van der Waals surface area (Å²) in [6.45, 7) is 11.2. The molecule has 1 aliphatic heterocycles. The lowest BCUT2D eigenvalue weighted by Gasteiger charge is -2.28. The molecule has 0 bridgehead atoms. The summed E-state index contributed by atoms with van der Waals surface area (Å²) in [7, 11) is 0. The first-order valence-electron chi connectivity index (χ1n) is 7.75. The number of likely N-dealkylation sites (tertiary alicyclic amines) is 1.